The van der Waals surface area contributed by atoms with E-state index in [1.807, 2.05) is 19.1 Å². The third-order valence-electron chi connectivity index (χ3n) is 5.64. The van der Waals surface area contributed by atoms with E-state index in [1.165, 1.54) is 0 Å². The van der Waals surface area contributed by atoms with Crippen LogP contribution < -0.4 is 0 Å². The lowest BCUT2D eigenvalue weighted by atomic mass is 9.74. The first-order valence-electron chi connectivity index (χ1n) is 8.46. The zero-order chi connectivity index (χ0) is 17.0. The molecule has 2 heterocycles. The predicted octanol–water partition coefficient (Wildman–Crippen LogP) is 3.80. The molecule has 1 saturated heterocycles. The Labute approximate surface area is 138 Å². The first-order valence-corrected chi connectivity index (χ1v) is 8.46. The van der Waals surface area contributed by atoms with Gasteiger partial charge in [0, 0.05) is 12.3 Å². The first-order chi connectivity index (χ1) is 10.6. The summed E-state index contributed by atoms with van der Waals surface area (Å²) < 4.78 is 6.46. The number of ketones is 2. The van der Waals surface area contributed by atoms with Gasteiger partial charge in [-0.25, -0.2) is 0 Å². The number of ether oxygens (including phenoxy) is 1. The van der Waals surface area contributed by atoms with Crippen LogP contribution in [0.4, 0.5) is 0 Å². The lowest BCUT2D eigenvalue weighted by Crippen LogP contribution is -2.52. The lowest BCUT2D eigenvalue weighted by Gasteiger charge is -2.45. The highest BCUT2D eigenvalue weighted by Gasteiger charge is 2.54. The van der Waals surface area contributed by atoms with Gasteiger partial charge in [-0.15, -0.1) is 0 Å². The molecule has 4 atom stereocenters. The van der Waals surface area contributed by atoms with E-state index in [4.69, 9.17) is 4.74 Å². The Kier molecular flexibility index (Phi) is 3.75. The summed E-state index contributed by atoms with van der Waals surface area (Å²) >= 11 is 0. The van der Waals surface area contributed by atoms with Crippen molar-refractivity contribution in [2.45, 2.75) is 59.2 Å². The Balaban J connectivity index is 2.12. The van der Waals surface area contributed by atoms with Crippen LogP contribution in [-0.2, 0) is 14.3 Å². The maximum Gasteiger partial charge on any atom is 0.181 e. The zero-order valence-corrected chi connectivity index (χ0v) is 14.7. The van der Waals surface area contributed by atoms with Gasteiger partial charge in [-0.05, 0) is 42.9 Å². The summed E-state index contributed by atoms with van der Waals surface area (Å²) in [5.74, 6) is 0.175. The number of Topliss-reactive ketones (excluding diaryl/α,β-unsaturated/α-hetero) is 1. The molecule has 0 radical (unpaired) electrons. The number of hydrogen-bond donors (Lipinski definition) is 0. The van der Waals surface area contributed by atoms with Crippen LogP contribution >= 0.6 is 0 Å². The van der Waals surface area contributed by atoms with E-state index in [9.17, 15) is 9.59 Å². The van der Waals surface area contributed by atoms with Gasteiger partial charge in [-0.1, -0.05) is 39.0 Å². The second kappa shape index (κ2) is 5.27. The van der Waals surface area contributed by atoms with Gasteiger partial charge in [0.15, 0.2) is 5.78 Å². The molecule has 23 heavy (non-hydrogen) atoms. The molecule has 4 aliphatic rings. The van der Waals surface area contributed by atoms with E-state index in [1.54, 1.807) is 6.08 Å². The summed E-state index contributed by atoms with van der Waals surface area (Å²) in [7, 11) is 0. The smallest absolute Gasteiger partial charge is 0.181 e. The normalized spacial score (nSPS) is 43.3. The second-order valence-corrected chi connectivity index (χ2v) is 8.20. The molecular weight excluding hydrogens is 288 g/mol. The van der Waals surface area contributed by atoms with Crippen LogP contribution in [0.2, 0.25) is 0 Å². The Morgan fingerprint density at radius 2 is 1.91 bits per heavy atom. The second-order valence-electron chi connectivity index (χ2n) is 8.20. The molecule has 3 heteroatoms. The van der Waals surface area contributed by atoms with Crippen molar-refractivity contribution in [2.75, 3.05) is 0 Å². The molecule has 0 spiro atoms. The summed E-state index contributed by atoms with van der Waals surface area (Å²) in [5.41, 5.74) is 0.952. The third-order valence-corrected chi connectivity index (χ3v) is 5.64. The van der Waals surface area contributed by atoms with E-state index >= 15 is 0 Å². The van der Waals surface area contributed by atoms with Crippen LogP contribution in [0.3, 0.4) is 0 Å². The van der Waals surface area contributed by atoms with Gasteiger partial charge in [0.05, 0.1) is 17.6 Å². The van der Waals surface area contributed by atoms with Crippen molar-refractivity contribution in [3.63, 3.8) is 0 Å². The molecule has 0 amide bonds. The molecule has 0 aromatic carbocycles. The standard InChI is InChI=1S/C20H26O3/c1-12-8-14-9-13(2)20(5)18(14)17(22)10-15(23-20)11-19(3,4)7-6-16(12)21/h6-9,13,15,18H,10-11H2,1-5H3/b7-6+,12-8-/t13-,15?,18?,20-/m0/s1. The fraction of sp³-hybridized carbons (Fsp3) is 0.600. The molecule has 0 N–H and O–H groups in total. The summed E-state index contributed by atoms with van der Waals surface area (Å²) in [5, 5.41) is 0. The summed E-state index contributed by atoms with van der Waals surface area (Å²) in [4.78, 5) is 25.2. The molecule has 2 aliphatic heterocycles. The zero-order valence-electron chi connectivity index (χ0n) is 14.7. The minimum absolute atomic E-state index is 0.0186. The van der Waals surface area contributed by atoms with Crippen molar-refractivity contribution < 1.29 is 14.3 Å². The van der Waals surface area contributed by atoms with Crippen molar-refractivity contribution in [1.82, 2.24) is 0 Å². The van der Waals surface area contributed by atoms with Crippen molar-refractivity contribution in [2.24, 2.45) is 17.3 Å². The Bertz CT molecular complexity index is 650. The van der Waals surface area contributed by atoms with Crippen molar-refractivity contribution in [3.8, 4) is 0 Å². The molecule has 1 fully saturated rings. The quantitative estimate of drug-likeness (QED) is 0.683. The first kappa shape index (κ1) is 16.4. The van der Waals surface area contributed by atoms with Gasteiger partial charge in [-0.3, -0.25) is 9.59 Å². The average Bonchev–Trinajstić information content (AvgIpc) is 2.66. The Hall–Kier alpha value is -1.48. The number of hydrogen-bond acceptors (Lipinski definition) is 3. The monoisotopic (exact) mass is 314 g/mol. The van der Waals surface area contributed by atoms with Crippen molar-refractivity contribution in [1.29, 1.82) is 0 Å². The molecule has 124 valence electrons. The van der Waals surface area contributed by atoms with Crippen molar-refractivity contribution in [3.05, 3.63) is 35.5 Å². The van der Waals surface area contributed by atoms with E-state index in [0.717, 1.165) is 12.0 Å². The topological polar surface area (TPSA) is 43.4 Å². The van der Waals surface area contributed by atoms with Crippen LogP contribution in [0, 0.1) is 17.3 Å². The van der Waals surface area contributed by atoms with Crippen molar-refractivity contribution >= 4 is 11.6 Å². The molecule has 0 saturated carbocycles. The molecule has 2 aliphatic carbocycles. The van der Waals surface area contributed by atoms with Gasteiger partial charge in [0.25, 0.3) is 0 Å². The van der Waals surface area contributed by atoms with E-state index in [-0.39, 0.29) is 34.9 Å². The number of rotatable bonds is 0. The Morgan fingerprint density at radius 3 is 2.61 bits per heavy atom. The number of carbonyl (C=O) groups excluding carboxylic acids is 2. The van der Waals surface area contributed by atoms with Gasteiger partial charge < -0.3 is 4.74 Å². The molecule has 3 nitrogen and oxygen atoms in total. The molecule has 2 unspecified atom stereocenters. The number of fused-ring (bicyclic) bond motifs is 5. The third kappa shape index (κ3) is 2.76. The minimum atomic E-state index is -0.492. The van der Waals surface area contributed by atoms with Gasteiger partial charge in [-0.2, -0.15) is 0 Å². The Morgan fingerprint density at radius 1 is 1.22 bits per heavy atom. The molecule has 4 bridgehead atoms. The number of carbonyl (C=O) groups is 2. The summed E-state index contributed by atoms with van der Waals surface area (Å²) in [6.07, 6.45) is 8.73. The van der Waals surface area contributed by atoms with Gasteiger partial charge >= 0.3 is 0 Å². The molecular formula is C20H26O3. The highest BCUT2D eigenvalue weighted by atomic mass is 16.5. The largest absolute Gasteiger partial charge is 0.370 e. The van der Waals surface area contributed by atoms with Crippen LogP contribution in [0.25, 0.3) is 0 Å². The van der Waals surface area contributed by atoms with Gasteiger partial charge in [0.1, 0.15) is 5.78 Å². The fourth-order valence-electron chi connectivity index (χ4n) is 4.22. The van der Waals surface area contributed by atoms with Crippen LogP contribution in [0.15, 0.2) is 35.5 Å². The molecule has 4 rings (SSSR count). The van der Waals surface area contributed by atoms with Gasteiger partial charge in [0.2, 0.25) is 0 Å². The average molecular weight is 314 g/mol. The SMILES string of the molecule is C/C1=C/C2=C[C@H](C)[C@]3(C)OC(CC(=O)C23)CC(C)(C)/C=C/C1=O. The van der Waals surface area contributed by atoms with E-state index < -0.39 is 5.60 Å². The van der Waals surface area contributed by atoms with E-state index in [0.29, 0.717) is 12.0 Å². The fourth-order valence-corrected chi connectivity index (χ4v) is 4.22. The highest BCUT2D eigenvalue weighted by molar-refractivity contribution is 6.04. The minimum Gasteiger partial charge on any atom is -0.370 e. The predicted molar refractivity (Wildman–Crippen MR) is 89.9 cm³/mol. The summed E-state index contributed by atoms with van der Waals surface area (Å²) in [6, 6.07) is 0. The molecule has 0 aromatic heterocycles. The van der Waals surface area contributed by atoms with Crippen LogP contribution in [0.1, 0.15) is 47.5 Å². The lowest BCUT2D eigenvalue weighted by molar-refractivity contribution is -0.173. The van der Waals surface area contributed by atoms with Crippen LogP contribution in [-0.4, -0.2) is 23.3 Å². The van der Waals surface area contributed by atoms with E-state index in [2.05, 4.69) is 33.8 Å². The number of allylic oxidation sites excluding steroid dienone is 4. The maximum absolute atomic E-state index is 12.8. The highest BCUT2D eigenvalue weighted by Crippen LogP contribution is 2.49. The molecule has 0 aromatic rings. The summed E-state index contributed by atoms with van der Waals surface area (Å²) in [6.45, 7) is 10.2. The van der Waals surface area contributed by atoms with Crippen LogP contribution in [0.5, 0.6) is 0 Å². The maximum atomic E-state index is 12.8.